The first-order chi connectivity index (χ1) is 4.56. The second-order valence-corrected chi connectivity index (χ2v) is 3.16. The second kappa shape index (κ2) is 4.66. The number of hydrogen-bond donors (Lipinski definition) is 2. The van der Waals surface area contributed by atoms with Gasteiger partial charge in [0.25, 0.3) is 0 Å². The van der Waals surface area contributed by atoms with Crippen LogP contribution in [0.25, 0.3) is 0 Å². The summed E-state index contributed by atoms with van der Waals surface area (Å²) >= 11 is 0. The Morgan fingerprint density at radius 2 is 2.10 bits per heavy atom. The molecule has 0 fully saturated rings. The zero-order valence-corrected chi connectivity index (χ0v) is 7.11. The summed E-state index contributed by atoms with van der Waals surface area (Å²) in [7, 11) is 1.69. The molecule has 0 aliphatic carbocycles. The molecule has 3 N–H and O–H groups in total. The third-order valence-corrected chi connectivity index (χ3v) is 1.06. The van der Waals surface area contributed by atoms with Crippen molar-refractivity contribution < 1.29 is 4.74 Å². The lowest BCUT2D eigenvalue weighted by Crippen LogP contribution is -2.43. The van der Waals surface area contributed by atoms with Gasteiger partial charge >= 0.3 is 0 Å². The van der Waals surface area contributed by atoms with E-state index in [0.717, 1.165) is 19.7 Å². The van der Waals surface area contributed by atoms with Crippen molar-refractivity contribution in [2.45, 2.75) is 19.4 Å². The first kappa shape index (κ1) is 9.88. The van der Waals surface area contributed by atoms with E-state index in [2.05, 4.69) is 5.32 Å². The van der Waals surface area contributed by atoms with Crippen LogP contribution in [-0.4, -0.2) is 32.3 Å². The molecule has 0 rings (SSSR count). The van der Waals surface area contributed by atoms with Crippen LogP contribution in [0.1, 0.15) is 13.8 Å². The van der Waals surface area contributed by atoms with Crippen molar-refractivity contribution in [3.05, 3.63) is 0 Å². The average Bonchev–Trinajstić information content (AvgIpc) is 1.78. The van der Waals surface area contributed by atoms with E-state index in [4.69, 9.17) is 10.5 Å². The van der Waals surface area contributed by atoms with Crippen molar-refractivity contribution in [2.24, 2.45) is 5.73 Å². The van der Waals surface area contributed by atoms with E-state index in [1.54, 1.807) is 7.11 Å². The van der Waals surface area contributed by atoms with E-state index in [-0.39, 0.29) is 5.54 Å². The maximum atomic E-state index is 5.71. The SMILES string of the molecule is COCCNCC(C)(C)N. The van der Waals surface area contributed by atoms with Crippen molar-refractivity contribution in [1.82, 2.24) is 5.32 Å². The molecule has 0 amide bonds. The Morgan fingerprint density at radius 1 is 1.50 bits per heavy atom. The molecule has 0 aromatic carbocycles. The molecule has 0 aliphatic rings. The lowest BCUT2D eigenvalue weighted by molar-refractivity contribution is 0.197. The highest BCUT2D eigenvalue weighted by molar-refractivity contribution is 4.74. The molecule has 0 saturated carbocycles. The summed E-state index contributed by atoms with van der Waals surface area (Å²) in [6.45, 7) is 6.43. The fraction of sp³-hybridized carbons (Fsp3) is 1.00. The van der Waals surface area contributed by atoms with Crippen LogP contribution >= 0.6 is 0 Å². The minimum absolute atomic E-state index is 0.117. The van der Waals surface area contributed by atoms with Gasteiger partial charge in [0.2, 0.25) is 0 Å². The van der Waals surface area contributed by atoms with E-state index in [9.17, 15) is 0 Å². The maximum Gasteiger partial charge on any atom is 0.0587 e. The molecule has 0 bridgehead atoms. The monoisotopic (exact) mass is 146 g/mol. The quantitative estimate of drug-likeness (QED) is 0.535. The van der Waals surface area contributed by atoms with Crippen LogP contribution < -0.4 is 11.1 Å². The largest absolute Gasteiger partial charge is 0.383 e. The Morgan fingerprint density at radius 3 is 2.50 bits per heavy atom. The number of nitrogens with one attached hydrogen (secondary N) is 1. The molecule has 62 valence electrons. The summed E-state index contributed by atoms with van der Waals surface area (Å²) in [6.07, 6.45) is 0. The third kappa shape index (κ3) is 7.88. The van der Waals surface area contributed by atoms with Crippen molar-refractivity contribution in [1.29, 1.82) is 0 Å². The van der Waals surface area contributed by atoms with Crippen LogP contribution in [-0.2, 0) is 4.74 Å². The highest BCUT2D eigenvalue weighted by Gasteiger charge is 2.07. The van der Waals surface area contributed by atoms with Gasteiger partial charge in [0.05, 0.1) is 6.61 Å². The smallest absolute Gasteiger partial charge is 0.0587 e. The number of methoxy groups -OCH3 is 1. The molecule has 0 aromatic heterocycles. The second-order valence-electron chi connectivity index (χ2n) is 3.16. The van der Waals surface area contributed by atoms with Crippen molar-refractivity contribution in [3.8, 4) is 0 Å². The van der Waals surface area contributed by atoms with Crippen molar-refractivity contribution >= 4 is 0 Å². The summed E-state index contributed by atoms with van der Waals surface area (Å²) in [5.41, 5.74) is 5.60. The minimum atomic E-state index is -0.117. The number of rotatable bonds is 5. The van der Waals surface area contributed by atoms with Gasteiger partial charge in [-0.15, -0.1) is 0 Å². The molecule has 0 aromatic rings. The van der Waals surface area contributed by atoms with Gasteiger partial charge in [0.1, 0.15) is 0 Å². The fourth-order valence-electron chi connectivity index (χ4n) is 0.585. The molecule has 0 atom stereocenters. The summed E-state index contributed by atoms with van der Waals surface area (Å²) in [5.74, 6) is 0. The van der Waals surface area contributed by atoms with E-state index < -0.39 is 0 Å². The minimum Gasteiger partial charge on any atom is -0.383 e. The Labute approximate surface area is 62.9 Å². The van der Waals surface area contributed by atoms with E-state index >= 15 is 0 Å². The molecule has 0 spiro atoms. The lowest BCUT2D eigenvalue weighted by atomic mass is 10.1. The van der Waals surface area contributed by atoms with E-state index in [1.165, 1.54) is 0 Å². The zero-order valence-electron chi connectivity index (χ0n) is 7.11. The third-order valence-electron chi connectivity index (χ3n) is 1.06. The molecule has 0 saturated heterocycles. The Balaban J connectivity index is 3.04. The van der Waals surface area contributed by atoms with E-state index in [0.29, 0.717) is 0 Å². The topological polar surface area (TPSA) is 47.3 Å². The first-order valence-electron chi connectivity index (χ1n) is 3.55. The molecule has 10 heavy (non-hydrogen) atoms. The summed E-state index contributed by atoms with van der Waals surface area (Å²) in [6, 6.07) is 0. The molecule has 0 unspecified atom stereocenters. The molecule has 0 radical (unpaired) electrons. The normalized spacial score (nSPS) is 12.0. The van der Waals surface area contributed by atoms with Gasteiger partial charge in [-0.1, -0.05) is 0 Å². The molecule has 3 nitrogen and oxygen atoms in total. The van der Waals surface area contributed by atoms with Gasteiger partial charge in [-0.25, -0.2) is 0 Å². The summed E-state index contributed by atoms with van der Waals surface area (Å²) in [4.78, 5) is 0. The summed E-state index contributed by atoms with van der Waals surface area (Å²) in [5, 5.41) is 3.18. The van der Waals surface area contributed by atoms with Gasteiger partial charge in [-0.3, -0.25) is 0 Å². The van der Waals surface area contributed by atoms with Gasteiger partial charge in [0.15, 0.2) is 0 Å². The summed E-state index contributed by atoms with van der Waals surface area (Å²) < 4.78 is 4.85. The van der Waals surface area contributed by atoms with Crippen LogP contribution in [0.3, 0.4) is 0 Å². The Kier molecular flexibility index (Phi) is 4.60. The van der Waals surface area contributed by atoms with Crippen molar-refractivity contribution in [2.75, 3.05) is 26.8 Å². The molecular weight excluding hydrogens is 128 g/mol. The predicted molar refractivity (Wildman–Crippen MR) is 43.0 cm³/mol. The predicted octanol–water partition coefficient (Wildman–Crippen LogP) is -0.0403. The van der Waals surface area contributed by atoms with Crippen LogP contribution in [0, 0.1) is 0 Å². The van der Waals surface area contributed by atoms with Gasteiger partial charge < -0.3 is 15.8 Å². The lowest BCUT2D eigenvalue weighted by Gasteiger charge is -2.18. The van der Waals surface area contributed by atoms with Crippen LogP contribution in [0.2, 0.25) is 0 Å². The van der Waals surface area contributed by atoms with Gasteiger partial charge in [-0.2, -0.15) is 0 Å². The molecule has 0 aliphatic heterocycles. The molecule has 3 heteroatoms. The van der Waals surface area contributed by atoms with E-state index in [1.807, 2.05) is 13.8 Å². The van der Waals surface area contributed by atoms with Crippen molar-refractivity contribution in [3.63, 3.8) is 0 Å². The zero-order chi connectivity index (χ0) is 8.04. The first-order valence-corrected chi connectivity index (χ1v) is 3.55. The average molecular weight is 146 g/mol. The molecule has 0 heterocycles. The highest BCUT2D eigenvalue weighted by Crippen LogP contribution is 1.91. The van der Waals surface area contributed by atoms with Gasteiger partial charge in [-0.05, 0) is 13.8 Å². The number of ether oxygens (including phenoxy) is 1. The number of nitrogens with two attached hydrogens (primary N) is 1. The van der Waals surface area contributed by atoms with Crippen LogP contribution in [0.5, 0.6) is 0 Å². The van der Waals surface area contributed by atoms with Crippen LogP contribution in [0.15, 0.2) is 0 Å². The Hall–Kier alpha value is -0.120. The number of hydrogen-bond acceptors (Lipinski definition) is 3. The van der Waals surface area contributed by atoms with Crippen LogP contribution in [0.4, 0.5) is 0 Å². The van der Waals surface area contributed by atoms with Gasteiger partial charge in [0, 0.05) is 25.7 Å². The standard InChI is InChI=1S/C7H18N2O/c1-7(2,8)6-9-4-5-10-3/h9H,4-6,8H2,1-3H3. The highest BCUT2D eigenvalue weighted by atomic mass is 16.5. The fourth-order valence-corrected chi connectivity index (χ4v) is 0.585. The Bertz CT molecular complexity index is 78.2. The molecular formula is C7H18N2O. The maximum absolute atomic E-state index is 5.71.